The summed E-state index contributed by atoms with van der Waals surface area (Å²) < 4.78 is 16.4. The van der Waals surface area contributed by atoms with Gasteiger partial charge < -0.3 is 24.2 Å². The molecule has 1 atom stereocenters. The summed E-state index contributed by atoms with van der Waals surface area (Å²) in [5.74, 6) is 0.121. The number of carbonyl (C=O) groups is 2. The van der Waals surface area contributed by atoms with Gasteiger partial charge in [-0.15, -0.1) is 0 Å². The van der Waals surface area contributed by atoms with E-state index in [0.29, 0.717) is 23.7 Å². The third-order valence-electron chi connectivity index (χ3n) is 6.53. The molecule has 0 bridgehead atoms. The molecule has 1 aliphatic heterocycles. The predicted octanol–water partition coefficient (Wildman–Crippen LogP) is 4.86. The van der Waals surface area contributed by atoms with Crippen molar-refractivity contribution in [2.24, 2.45) is 0 Å². The van der Waals surface area contributed by atoms with E-state index in [-0.39, 0.29) is 17.4 Å². The molecule has 2 fully saturated rings. The van der Waals surface area contributed by atoms with Gasteiger partial charge in [0.15, 0.2) is 0 Å². The van der Waals surface area contributed by atoms with Gasteiger partial charge in [-0.25, -0.2) is 0 Å². The summed E-state index contributed by atoms with van der Waals surface area (Å²) in [6, 6.07) is 11.6. The summed E-state index contributed by atoms with van der Waals surface area (Å²) in [7, 11) is 3.02. The Balaban J connectivity index is 1.84. The summed E-state index contributed by atoms with van der Waals surface area (Å²) in [4.78, 5) is 28.2. The van der Waals surface area contributed by atoms with E-state index in [4.69, 9.17) is 14.2 Å². The lowest BCUT2D eigenvalue weighted by atomic mass is 9.94. The molecule has 1 amide bonds. The molecule has 34 heavy (non-hydrogen) atoms. The largest absolute Gasteiger partial charge is 0.507 e. The molecule has 0 spiro atoms. The van der Waals surface area contributed by atoms with E-state index in [0.717, 1.165) is 43.4 Å². The Morgan fingerprint density at radius 1 is 1.00 bits per heavy atom. The van der Waals surface area contributed by atoms with Gasteiger partial charge in [-0.1, -0.05) is 31.9 Å². The number of rotatable bonds is 8. The van der Waals surface area contributed by atoms with E-state index in [2.05, 4.69) is 0 Å². The van der Waals surface area contributed by atoms with Crippen molar-refractivity contribution in [1.82, 2.24) is 4.90 Å². The van der Waals surface area contributed by atoms with Crippen molar-refractivity contribution in [3.63, 3.8) is 0 Å². The van der Waals surface area contributed by atoms with Crippen molar-refractivity contribution in [3.8, 4) is 17.2 Å². The number of likely N-dealkylation sites (tertiary alicyclic amines) is 1. The van der Waals surface area contributed by atoms with E-state index >= 15 is 0 Å². The normalized spacial score (nSPS) is 20.1. The highest BCUT2D eigenvalue weighted by atomic mass is 16.5. The van der Waals surface area contributed by atoms with E-state index in [1.54, 1.807) is 23.1 Å². The number of hydrogen-bond donors (Lipinski definition) is 1. The van der Waals surface area contributed by atoms with Crippen LogP contribution in [0.4, 0.5) is 0 Å². The maximum absolute atomic E-state index is 13.3. The first-order chi connectivity index (χ1) is 16.5. The Hall–Kier alpha value is -3.48. The predicted molar refractivity (Wildman–Crippen MR) is 128 cm³/mol. The van der Waals surface area contributed by atoms with E-state index in [1.807, 2.05) is 31.2 Å². The molecule has 2 aliphatic rings. The van der Waals surface area contributed by atoms with Gasteiger partial charge >= 0.3 is 0 Å². The standard InChI is InChI=1S/C27H31NO6/c1-4-15-34-19-11-9-17(10-12-19)24-23(26(30)27(31)28(24)18-7-5-6-8-18)25(29)21-14-13-20(32-2)16-22(21)33-3/h9-14,16,18,24,29H,4-8,15H2,1-3H3/b25-23-. The fourth-order valence-electron chi connectivity index (χ4n) is 4.84. The summed E-state index contributed by atoms with van der Waals surface area (Å²) in [5, 5.41) is 11.4. The Kier molecular flexibility index (Phi) is 7.10. The van der Waals surface area contributed by atoms with Crippen LogP contribution >= 0.6 is 0 Å². The number of carbonyl (C=O) groups excluding carboxylic acids is 2. The van der Waals surface area contributed by atoms with E-state index in [1.165, 1.54) is 14.2 Å². The second-order valence-corrected chi connectivity index (χ2v) is 8.63. The minimum atomic E-state index is -0.685. The van der Waals surface area contributed by atoms with Crippen LogP contribution in [0.15, 0.2) is 48.0 Å². The molecular formula is C27H31NO6. The highest BCUT2D eigenvalue weighted by Crippen LogP contribution is 2.45. The Bertz CT molecular complexity index is 1080. The van der Waals surface area contributed by atoms with Crippen LogP contribution in [0.1, 0.15) is 56.2 Å². The SMILES string of the molecule is CCCOc1ccc(C2/C(=C(/O)c3ccc(OC)cc3OC)C(=O)C(=O)N2C2CCCC2)cc1. The van der Waals surface area contributed by atoms with Crippen LogP contribution in [-0.4, -0.2) is 48.6 Å². The van der Waals surface area contributed by atoms with Gasteiger partial charge in [0.25, 0.3) is 11.7 Å². The average molecular weight is 466 g/mol. The smallest absolute Gasteiger partial charge is 0.295 e. The second kappa shape index (κ2) is 10.2. The van der Waals surface area contributed by atoms with Crippen molar-refractivity contribution in [2.45, 2.75) is 51.1 Å². The lowest BCUT2D eigenvalue weighted by molar-refractivity contribution is -0.141. The number of nitrogens with zero attached hydrogens (tertiary/aromatic N) is 1. The molecule has 7 heteroatoms. The van der Waals surface area contributed by atoms with Gasteiger partial charge in [0, 0.05) is 12.1 Å². The summed E-state index contributed by atoms with van der Waals surface area (Å²) in [6.07, 6.45) is 4.60. The minimum absolute atomic E-state index is 0.0412. The van der Waals surface area contributed by atoms with Gasteiger partial charge in [0.2, 0.25) is 0 Å². The second-order valence-electron chi connectivity index (χ2n) is 8.63. The monoisotopic (exact) mass is 465 g/mol. The number of methoxy groups -OCH3 is 2. The zero-order valence-corrected chi connectivity index (χ0v) is 19.9. The zero-order chi connectivity index (χ0) is 24.2. The number of ether oxygens (including phenoxy) is 3. The Morgan fingerprint density at radius 3 is 2.29 bits per heavy atom. The first kappa shape index (κ1) is 23.7. The molecule has 4 rings (SSSR count). The van der Waals surface area contributed by atoms with E-state index < -0.39 is 17.7 Å². The van der Waals surface area contributed by atoms with Crippen molar-refractivity contribution in [2.75, 3.05) is 20.8 Å². The first-order valence-electron chi connectivity index (χ1n) is 11.7. The fourth-order valence-corrected chi connectivity index (χ4v) is 4.84. The molecule has 7 nitrogen and oxygen atoms in total. The van der Waals surface area contributed by atoms with Crippen LogP contribution in [0.25, 0.3) is 5.76 Å². The molecule has 0 radical (unpaired) electrons. The van der Waals surface area contributed by atoms with Crippen LogP contribution in [0, 0.1) is 0 Å². The topological polar surface area (TPSA) is 85.3 Å². The van der Waals surface area contributed by atoms with Crippen LogP contribution in [0.5, 0.6) is 17.2 Å². The minimum Gasteiger partial charge on any atom is -0.507 e. The lowest BCUT2D eigenvalue weighted by Gasteiger charge is -2.31. The van der Waals surface area contributed by atoms with Gasteiger partial charge in [0.1, 0.15) is 23.0 Å². The van der Waals surface area contributed by atoms with Crippen molar-refractivity contribution < 1.29 is 28.9 Å². The molecule has 2 aromatic rings. The maximum atomic E-state index is 13.3. The number of ketones is 1. The first-order valence-corrected chi connectivity index (χ1v) is 11.7. The molecular weight excluding hydrogens is 434 g/mol. The molecule has 1 saturated carbocycles. The number of benzene rings is 2. The van der Waals surface area contributed by atoms with Gasteiger partial charge in [-0.3, -0.25) is 9.59 Å². The number of Topliss-reactive ketones (excluding diaryl/α,β-unsaturated/α-hetero) is 1. The maximum Gasteiger partial charge on any atom is 0.295 e. The third-order valence-corrected chi connectivity index (χ3v) is 6.53. The molecule has 1 heterocycles. The number of hydrogen-bond acceptors (Lipinski definition) is 6. The third kappa shape index (κ3) is 4.34. The fraction of sp³-hybridized carbons (Fsp3) is 0.407. The van der Waals surface area contributed by atoms with Crippen molar-refractivity contribution in [3.05, 3.63) is 59.2 Å². The summed E-state index contributed by atoms with van der Waals surface area (Å²) in [6.45, 7) is 2.65. The number of amides is 1. The van der Waals surface area contributed by atoms with Crippen molar-refractivity contribution in [1.29, 1.82) is 0 Å². The lowest BCUT2D eigenvalue weighted by Crippen LogP contribution is -2.37. The molecule has 1 saturated heterocycles. The molecule has 2 aromatic carbocycles. The number of aliphatic hydroxyl groups excluding tert-OH is 1. The highest BCUT2D eigenvalue weighted by Gasteiger charge is 2.49. The molecule has 1 unspecified atom stereocenters. The van der Waals surface area contributed by atoms with Crippen LogP contribution in [-0.2, 0) is 9.59 Å². The molecule has 1 N–H and O–H groups in total. The van der Waals surface area contributed by atoms with Crippen LogP contribution in [0.3, 0.4) is 0 Å². The van der Waals surface area contributed by atoms with Crippen LogP contribution < -0.4 is 14.2 Å². The van der Waals surface area contributed by atoms with Gasteiger partial charge in [-0.2, -0.15) is 0 Å². The molecule has 1 aliphatic carbocycles. The molecule has 0 aromatic heterocycles. The van der Waals surface area contributed by atoms with E-state index in [9.17, 15) is 14.7 Å². The Labute approximate surface area is 199 Å². The van der Waals surface area contributed by atoms with Gasteiger partial charge in [0.05, 0.1) is 38.0 Å². The highest BCUT2D eigenvalue weighted by molar-refractivity contribution is 6.46. The average Bonchev–Trinajstić information content (AvgIpc) is 3.48. The Morgan fingerprint density at radius 2 is 1.68 bits per heavy atom. The zero-order valence-electron chi connectivity index (χ0n) is 19.9. The summed E-state index contributed by atoms with van der Waals surface area (Å²) in [5.41, 5.74) is 1.16. The van der Waals surface area contributed by atoms with Gasteiger partial charge in [-0.05, 0) is 49.1 Å². The van der Waals surface area contributed by atoms with Crippen molar-refractivity contribution >= 4 is 17.4 Å². The number of aliphatic hydroxyl groups is 1. The quantitative estimate of drug-likeness (QED) is 0.341. The summed E-state index contributed by atoms with van der Waals surface area (Å²) >= 11 is 0. The molecule has 180 valence electrons. The van der Waals surface area contributed by atoms with Crippen LogP contribution in [0.2, 0.25) is 0 Å².